The highest BCUT2D eigenvalue weighted by atomic mass is 79.9. The van der Waals surface area contributed by atoms with E-state index in [0.717, 1.165) is 6.07 Å². The van der Waals surface area contributed by atoms with Crippen LogP contribution < -0.4 is 10.9 Å². The van der Waals surface area contributed by atoms with Gasteiger partial charge < -0.3 is 15.3 Å². The number of aromatic nitrogens is 5. The number of anilines is 1. The topological polar surface area (TPSA) is 118 Å². The molecule has 1 aliphatic rings. The smallest absolute Gasteiger partial charge is 0.392 e. The number of halogens is 4. The van der Waals surface area contributed by atoms with Crippen LogP contribution in [-0.2, 0) is 19.1 Å². The molecule has 43 heavy (non-hydrogen) atoms. The van der Waals surface area contributed by atoms with Crippen molar-refractivity contribution in [2.45, 2.75) is 59.0 Å². The van der Waals surface area contributed by atoms with Crippen molar-refractivity contribution in [1.82, 2.24) is 29.2 Å². The van der Waals surface area contributed by atoms with E-state index in [1.54, 1.807) is 26.0 Å². The molecular formula is C29H29BrF3N7O3. The third-order valence-electron chi connectivity index (χ3n) is 7.16. The Morgan fingerprint density at radius 1 is 1.21 bits per heavy atom. The normalized spacial score (nSPS) is 15.7. The van der Waals surface area contributed by atoms with Gasteiger partial charge in [0.15, 0.2) is 0 Å². The summed E-state index contributed by atoms with van der Waals surface area (Å²) in [7, 11) is 0. The van der Waals surface area contributed by atoms with Crippen LogP contribution in [0, 0.1) is 13.8 Å². The molecule has 0 spiro atoms. The van der Waals surface area contributed by atoms with Gasteiger partial charge in [0.05, 0.1) is 41.5 Å². The Kier molecular flexibility index (Phi) is 8.18. The van der Waals surface area contributed by atoms with Crippen LogP contribution in [0.3, 0.4) is 0 Å². The molecule has 10 nitrogen and oxygen atoms in total. The molecule has 0 radical (unpaired) electrons. The van der Waals surface area contributed by atoms with Crippen molar-refractivity contribution in [3.63, 3.8) is 0 Å². The summed E-state index contributed by atoms with van der Waals surface area (Å²) < 4.78 is 43.4. The number of aliphatic hydroxyl groups is 1. The number of benzene rings is 1. The molecule has 0 saturated carbocycles. The zero-order chi connectivity index (χ0) is 31.2. The molecule has 0 unspecified atom stereocenters. The largest absolute Gasteiger partial charge is 0.417 e. The number of aryl methyl sites for hydroxylation is 2. The molecule has 4 heterocycles. The number of nitrogens with zero attached hydrogens (tertiary/aromatic N) is 6. The van der Waals surface area contributed by atoms with E-state index >= 15 is 0 Å². The Hall–Kier alpha value is -4.04. The summed E-state index contributed by atoms with van der Waals surface area (Å²) in [6.45, 7) is 7.25. The second-order valence-electron chi connectivity index (χ2n) is 10.6. The molecule has 3 aromatic heterocycles. The number of fused-ring (bicyclic) bond motifs is 1. The molecule has 1 aromatic carbocycles. The fraction of sp³-hybridized carbons (Fsp3) is 0.345. The lowest BCUT2D eigenvalue weighted by Gasteiger charge is -2.34. The first-order valence-electron chi connectivity index (χ1n) is 13.5. The minimum atomic E-state index is -4.64. The summed E-state index contributed by atoms with van der Waals surface area (Å²) in [5.74, 6) is 0.103. The molecule has 0 saturated heterocycles. The van der Waals surface area contributed by atoms with Gasteiger partial charge in [-0.05, 0) is 70.5 Å². The maximum Gasteiger partial charge on any atom is 0.417 e. The molecule has 2 atom stereocenters. The molecule has 14 heteroatoms. The molecule has 2 N–H and O–H groups in total. The van der Waals surface area contributed by atoms with E-state index in [1.807, 2.05) is 19.9 Å². The Morgan fingerprint density at radius 2 is 1.95 bits per heavy atom. The molecule has 0 aliphatic carbocycles. The van der Waals surface area contributed by atoms with Crippen LogP contribution in [0.4, 0.5) is 19.0 Å². The minimum Gasteiger partial charge on any atom is -0.392 e. The van der Waals surface area contributed by atoms with E-state index in [9.17, 15) is 27.9 Å². The summed E-state index contributed by atoms with van der Waals surface area (Å²) in [5.41, 5.74) is 1.16. The number of aliphatic hydroxyl groups excluding tert-OH is 1. The Labute approximate surface area is 253 Å². The van der Waals surface area contributed by atoms with E-state index < -0.39 is 29.8 Å². The van der Waals surface area contributed by atoms with Gasteiger partial charge >= 0.3 is 6.18 Å². The maximum absolute atomic E-state index is 14.1. The molecule has 226 valence electrons. The second kappa shape index (κ2) is 11.6. The summed E-state index contributed by atoms with van der Waals surface area (Å²) in [6.07, 6.45) is -3.55. The SMILES string of the molecule is Cc1cc(C)n(-c2nc3c(c(=O)n2-c2ccc(NC[C@@H](C)O)nc2)C[C@@H](C)N(C(=O)c2ccc(Br)c(C(F)(F)F)c2)C3)n1. The van der Waals surface area contributed by atoms with Gasteiger partial charge in [0.25, 0.3) is 11.5 Å². The summed E-state index contributed by atoms with van der Waals surface area (Å²) in [4.78, 5) is 38.2. The fourth-order valence-corrected chi connectivity index (χ4v) is 5.51. The van der Waals surface area contributed by atoms with Crippen LogP contribution in [0.2, 0.25) is 0 Å². The van der Waals surface area contributed by atoms with Crippen LogP contribution in [0.1, 0.15) is 52.4 Å². The van der Waals surface area contributed by atoms with Gasteiger partial charge in [0.2, 0.25) is 5.95 Å². The lowest BCUT2D eigenvalue weighted by atomic mass is 9.98. The Balaban J connectivity index is 1.58. The highest BCUT2D eigenvalue weighted by Crippen LogP contribution is 2.36. The first kappa shape index (κ1) is 30.4. The number of carbonyl (C=O) groups excluding carboxylic acids is 1. The maximum atomic E-state index is 14.1. The number of rotatable bonds is 6. The van der Waals surface area contributed by atoms with Crippen molar-refractivity contribution in [3.05, 3.63) is 91.2 Å². The third-order valence-corrected chi connectivity index (χ3v) is 7.85. The van der Waals surface area contributed by atoms with E-state index in [2.05, 4.69) is 31.3 Å². The van der Waals surface area contributed by atoms with Gasteiger partial charge in [-0.1, -0.05) is 15.9 Å². The monoisotopic (exact) mass is 659 g/mol. The Bertz CT molecular complexity index is 1750. The predicted molar refractivity (Wildman–Crippen MR) is 157 cm³/mol. The lowest BCUT2D eigenvalue weighted by Crippen LogP contribution is -2.46. The summed E-state index contributed by atoms with van der Waals surface area (Å²) >= 11 is 2.92. The number of hydrogen-bond donors (Lipinski definition) is 2. The van der Waals surface area contributed by atoms with Crippen molar-refractivity contribution >= 4 is 27.7 Å². The number of carbonyl (C=O) groups is 1. The van der Waals surface area contributed by atoms with Crippen molar-refractivity contribution in [2.75, 3.05) is 11.9 Å². The summed E-state index contributed by atoms with van der Waals surface area (Å²) in [6, 6.07) is 8.10. The van der Waals surface area contributed by atoms with Crippen LogP contribution in [0.25, 0.3) is 11.6 Å². The zero-order valence-corrected chi connectivity index (χ0v) is 25.4. The third kappa shape index (κ3) is 6.07. The van der Waals surface area contributed by atoms with Crippen molar-refractivity contribution in [1.29, 1.82) is 0 Å². The standard InChI is InChI=1S/C29H29BrF3N7O3/c1-15-9-17(3)40(37-15)28-36-24-14-38(26(42)19-5-7-23(30)22(11-19)29(31,32)33)16(2)10-21(24)27(43)39(28)20-6-8-25(35-13-20)34-12-18(4)41/h5-9,11,13,16,18,41H,10,12,14H2,1-4H3,(H,34,35)/t16-,18-/m1/s1. The van der Waals surface area contributed by atoms with Crippen molar-refractivity contribution in [3.8, 4) is 11.6 Å². The molecular weight excluding hydrogens is 631 g/mol. The average molecular weight is 660 g/mol. The van der Waals surface area contributed by atoms with Gasteiger partial charge in [-0.2, -0.15) is 18.3 Å². The number of amides is 1. The van der Waals surface area contributed by atoms with E-state index in [-0.39, 0.29) is 34.5 Å². The van der Waals surface area contributed by atoms with Gasteiger partial charge in [0.1, 0.15) is 5.82 Å². The number of hydrogen-bond acceptors (Lipinski definition) is 7. The number of pyridine rings is 1. The van der Waals surface area contributed by atoms with Crippen LogP contribution in [-0.4, -0.2) is 58.9 Å². The highest BCUT2D eigenvalue weighted by Gasteiger charge is 2.36. The first-order valence-corrected chi connectivity index (χ1v) is 14.3. The van der Waals surface area contributed by atoms with Crippen LogP contribution in [0.15, 0.2) is 51.9 Å². The van der Waals surface area contributed by atoms with Gasteiger partial charge in [-0.25, -0.2) is 19.2 Å². The quantitative estimate of drug-likeness (QED) is 0.311. The molecule has 5 rings (SSSR count). The van der Waals surface area contributed by atoms with Gasteiger partial charge in [-0.3, -0.25) is 9.59 Å². The van der Waals surface area contributed by atoms with Crippen LogP contribution >= 0.6 is 15.9 Å². The zero-order valence-electron chi connectivity index (χ0n) is 23.8. The molecule has 1 aliphatic heterocycles. The molecule has 0 fully saturated rings. The van der Waals surface area contributed by atoms with Gasteiger partial charge in [-0.15, -0.1) is 0 Å². The number of nitrogens with one attached hydrogen (secondary N) is 1. The first-order chi connectivity index (χ1) is 20.2. The van der Waals surface area contributed by atoms with E-state index in [1.165, 1.54) is 32.5 Å². The number of alkyl halides is 3. The van der Waals surface area contributed by atoms with Gasteiger partial charge in [0, 0.05) is 33.9 Å². The Morgan fingerprint density at radius 3 is 2.56 bits per heavy atom. The average Bonchev–Trinajstić information content (AvgIpc) is 3.28. The molecule has 0 bridgehead atoms. The van der Waals surface area contributed by atoms with Crippen molar-refractivity contribution < 1.29 is 23.1 Å². The summed E-state index contributed by atoms with van der Waals surface area (Å²) in [5, 5.41) is 17.1. The fourth-order valence-electron chi connectivity index (χ4n) is 5.04. The van der Waals surface area contributed by atoms with E-state index in [0.29, 0.717) is 40.7 Å². The molecule has 1 amide bonds. The second-order valence-corrected chi connectivity index (χ2v) is 11.5. The lowest BCUT2D eigenvalue weighted by molar-refractivity contribution is -0.138. The van der Waals surface area contributed by atoms with E-state index in [4.69, 9.17) is 4.98 Å². The predicted octanol–water partition coefficient (Wildman–Crippen LogP) is 4.59. The highest BCUT2D eigenvalue weighted by molar-refractivity contribution is 9.10. The molecule has 4 aromatic rings. The van der Waals surface area contributed by atoms with Crippen LogP contribution in [0.5, 0.6) is 0 Å². The van der Waals surface area contributed by atoms with Crippen molar-refractivity contribution in [2.24, 2.45) is 0 Å². The minimum absolute atomic E-state index is 0.0738.